The smallest absolute Gasteiger partial charge is 0.352 e. The van der Waals surface area contributed by atoms with Crippen LogP contribution in [0.2, 0.25) is 0 Å². The van der Waals surface area contributed by atoms with Crippen LogP contribution in [-0.2, 0) is 9.59 Å². The first-order valence-corrected chi connectivity index (χ1v) is 15.2. The van der Waals surface area contributed by atoms with E-state index in [1.54, 1.807) is 17.2 Å². The van der Waals surface area contributed by atoms with Gasteiger partial charge in [0.25, 0.3) is 0 Å². The number of carbonyl (C=O) groups is 2. The number of hydrogen-bond acceptors (Lipinski definition) is 8. The highest BCUT2D eigenvalue weighted by molar-refractivity contribution is 7.99. The number of thioether (sulfide) groups is 1. The molecule has 0 aliphatic carbocycles. The van der Waals surface area contributed by atoms with Crippen molar-refractivity contribution >= 4 is 46.1 Å². The third-order valence-corrected chi connectivity index (χ3v) is 8.71. The van der Waals surface area contributed by atoms with Crippen LogP contribution in [0.25, 0.3) is 28.0 Å². The normalized spacial score (nSPS) is 15.2. The quantitative estimate of drug-likeness (QED) is 0.334. The van der Waals surface area contributed by atoms with Gasteiger partial charge in [-0.1, -0.05) is 26.5 Å². The SMILES string of the molecule is C=CC(=O)N1CCN(c2nc(=O)n3c4nc(c(F)cc24)-c2c(F)cccc2NC(=O)CCSc2ccnc(C(C)C)c2-3)CC1. The van der Waals surface area contributed by atoms with Crippen molar-refractivity contribution in [2.75, 3.05) is 42.1 Å². The third kappa shape index (κ3) is 5.21. The first kappa shape index (κ1) is 29.4. The van der Waals surface area contributed by atoms with Gasteiger partial charge in [0.15, 0.2) is 11.5 Å². The number of pyridine rings is 2. The molecule has 1 aromatic carbocycles. The molecule has 3 aromatic heterocycles. The van der Waals surface area contributed by atoms with Crippen LogP contribution < -0.4 is 15.9 Å². The molecule has 0 unspecified atom stereocenters. The van der Waals surface area contributed by atoms with Gasteiger partial charge in [-0.2, -0.15) is 4.98 Å². The number of carbonyl (C=O) groups excluding carboxylic acids is 2. The molecule has 226 valence electrons. The number of benzene rings is 1. The molecule has 6 rings (SSSR count). The van der Waals surface area contributed by atoms with Crippen molar-refractivity contribution in [3.63, 3.8) is 0 Å². The summed E-state index contributed by atoms with van der Waals surface area (Å²) in [6, 6.07) is 7.03. The number of amides is 2. The Labute approximate surface area is 255 Å². The van der Waals surface area contributed by atoms with Gasteiger partial charge in [-0.15, -0.1) is 11.8 Å². The van der Waals surface area contributed by atoms with Gasteiger partial charge in [-0.05, 0) is 36.3 Å². The molecule has 13 heteroatoms. The third-order valence-electron chi connectivity index (χ3n) is 7.66. The van der Waals surface area contributed by atoms with E-state index in [9.17, 15) is 14.4 Å². The Hall–Kier alpha value is -4.65. The van der Waals surface area contributed by atoms with Crippen LogP contribution in [-0.4, -0.2) is 68.2 Å². The number of nitrogens with zero attached hydrogens (tertiary/aromatic N) is 6. The Kier molecular flexibility index (Phi) is 7.89. The van der Waals surface area contributed by atoms with Crippen LogP contribution in [0.4, 0.5) is 20.3 Å². The molecule has 2 aliphatic rings. The highest BCUT2D eigenvalue weighted by Crippen LogP contribution is 2.38. The maximum absolute atomic E-state index is 16.1. The summed E-state index contributed by atoms with van der Waals surface area (Å²) < 4.78 is 32.9. The maximum Gasteiger partial charge on any atom is 0.355 e. The number of rotatable bonds is 3. The van der Waals surface area contributed by atoms with Crippen molar-refractivity contribution in [3.05, 3.63) is 77.0 Å². The molecule has 2 bridgehead atoms. The van der Waals surface area contributed by atoms with Crippen LogP contribution >= 0.6 is 11.8 Å². The van der Waals surface area contributed by atoms with E-state index in [0.717, 1.165) is 6.07 Å². The molecule has 44 heavy (non-hydrogen) atoms. The predicted molar refractivity (Wildman–Crippen MR) is 165 cm³/mol. The van der Waals surface area contributed by atoms with E-state index < -0.39 is 17.3 Å². The fraction of sp³-hybridized carbons (Fsp3) is 0.290. The summed E-state index contributed by atoms with van der Waals surface area (Å²) in [5.74, 6) is -1.79. The topological polar surface area (TPSA) is 113 Å². The molecule has 2 amide bonds. The molecule has 0 saturated carbocycles. The minimum Gasteiger partial charge on any atom is -0.352 e. The number of hydrogen-bond donors (Lipinski definition) is 1. The Morgan fingerprint density at radius 2 is 1.86 bits per heavy atom. The van der Waals surface area contributed by atoms with E-state index in [1.165, 1.54) is 40.6 Å². The molecule has 1 fully saturated rings. The molecule has 2 aliphatic heterocycles. The predicted octanol–water partition coefficient (Wildman–Crippen LogP) is 4.51. The number of halogens is 2. The molecular weight excluding hydrogens is 588 g/mol. The maximum atomic E-state index is 16.1. The largest absolute Gasteiger partial charge is 0.355 e. The van der Waals surface area contributed by atoms with Crippen LogP contribution in [0.5, 0.6) is 0 Å². The van der Waals surface area contributed by atoms with Crippen molar-refractivity contribution in [3.8, 4) is 16.9 Å². The van der Waals surface area contributed by atoms with Crippen LogP contribution in [0.15, 0.2) is 58.9 Å². The summed E-state index contributed by atoms with van der Waals surface area (Å²) in [7, 11) is 0. The molecule has 1 N–H and O–H groups in total. The van der Waals surface area contributed by atoms with Gasteiger partial charge in [-0.3, -0.25) is 14.6 Å². The zero-order valence-corrected chi connectivity index (χ0v) is 25.0. The van der Waals surface area contributed by atoms with E-state index in [4.69, 9.17) is 0 Å². The summed E-state index contributed by atoms with van der Waals surface area (Å²) in [6.45, 7) is 8.79. The van der Waals surface area contributed by atoms with Crippen molar-refractivity contribution < 1.29 is 18.4 Å². The van der Waals surface area contributed by atoms with Gasteiger partial charge in [0.05, 0.1) is 28.0 Å². The zero-order valence-electron chi connectivity index (χ0n) is 24.1. The molecule has 0 atom stereocenters. The van der Waals surface area contributed by atoms with Gasteiger partial charge >= 0.3 is 5.69 Å². The molecule has 0 radical (unpaired) electrons. The van der Waals surface area contributed by atoms with Gasteiger partial charge in [0.1, 0.15) is 17.3 Å². The summed E-state index contributed by atoms with van der Waals surface area (Å²) >= 11 is 1.37. The molecule has 1 saturated heterocycles. The van der Waals surface area contributed by atoms with Crippen LogP contribution in [0.3, 0.4) is 0 Å². The zero-order chi connectivity index (χ0) is 31.1. The van der Waals surface area contributed by atoms with Crippen molar-refractivity contribution in [2.24, 2.45) is 0 Å². The second-order valence-corrected chi connectivity index (χ2v) is 11.9. The second-order valence-electron chi connectivity index (χ2n) is 10.8. The average Bonchev–Trinajstić information content (AvgIpc) is 3.01. The molecule has 5 heterocycles. The minimum atomic E-state index is -0.855. The lowest BCUT2D eigenvalue weighted by atomic mass is 10.1. The number of piperazine rings is 1. The number of anilines is 2. The van der Waals surface area contributed by atoms with E-state index in [2.05, 4.69) is 26.8 Å². The first-order valence-electron chi connectivity index (χ1n) is 14.2. The Balaban J connectivity index is 1.68. The Bertz CT molecular complexity index is 1890. The molecule has 0 spiro atoms. The highest BCUT2D eigenvalue weighted by atomic mass is 32.2. The van der Waals surface area contributed by atoms with Crippen molar-refractivity contribution in [2.45, 2.75) is 31.1 Å². The van der Waals surface area contributed by atoms with E-state index in [-0.39, 0.29) is 57.9 Å². The summed E-state index contributed by atoms with van der Waals surface area (Å²) in [4.78, 5) is 56.9. The first-order chi connectivity index (χ1) is 21.2. The minimum absolute atomic E-state index is 0.0672. The van der Waals surface area contributed by atoms with Crippen molar-refractivity contribution in [1.82, 2.24) is 24.4 Å². The summed E-state index contributed by atoms with van der Waals surface area (Å²) in [6.07, 6.45) is 2.97. The van der Waals surface area contributed by atoms with E-state index in [1.807, 2.05) is 18.7 Å². The van der Waals surface area contributed by atoms with Gasteiger partial charge in [-0.25, -0.2) is 23.1 Å². The molecule has 4 aromatic rings. The highest BCUT2D eigenvalue weighted by Gasteiger charge is 2.29. The lowest BCUT2D eigenvalue weighted by Gasteiger charge is -2.35. The number of fused-ring (bicyclic) bond motifs is 5. The molecular formula is C31H29F2N7O3S. The monoisotopic (exact) mass is 617 g/mol. The van der Waals surface area contributed by atoms with Gasteiger partial charge < -0.3 is 15.1 Å². The number of nitrogens with one attached hydrogen (secondary N) is 1. The summed E-state index contributed by atoms with van der Waals surface area (Å²) in [5, 5.41) is 2.94. The fourth-order valence-corrected chi connectivity index (χ4v) is 6.54. The number of aromatic nitrogens is 4. The van der Waals surface area contributed by atoms with Crippen LogP contribution in [0.1, 0.15) is 31.9 Å². The lowest BCUT2D eigenvalue weighted by Crippen LogP contribution is -2.49. The standard InChI is InChI=1S/C31H29F2N7O3S/c1-4-24(42)38-11-13-39(14-12-38)29-18-16-20(33)27-25-19(32)6-5-7-21(25)35-23(41)9-15-44-22-8-10-34-26(17(2)3)28(22)40(30(18)36-27)31(43)37-29/h4-8,10,16-17H,1,9,11-15H2,2-3H3,(H,35,41). The van der Waals surface area contributed by atoms with Crippen molar-refractivity contribution in [1.29, 1.82) is 0 Å². The van der Waals surface area contributed by atoms with E-state index >= 15 is 8.78 Å². The summed E-state index contributed by atoms with van der Waals surface area (Å²) in [5.41, 5.74) is -0.102. The van der Waals surface area contributed by atoms with Crippen LogP contribution in [0, 0.1) is 11.6 Å². The molecule has 10 nitrogen and oxygen atoms in total. The Morgan fingerprint density at radius 3 is 2.59 bits per heavy atom. The fourth-order valence-electron chi connectivity index (χ4n) is 5.54. The van der Waals surface area contributed by atoms with Gasteiger partial charge in [0, 0.05) is 49.4 Å². The lowest BCUT2D eigenvalue weighted by molar-refractivity contribution is -0.126. The Morgan fingerprint density at radius 1 is 1.09 bits per heavy atom. The second kappa shape index (κ2) is 11.8. The van der Waals surface area contributed by atoms with E-state index in [0.29, 0.717) is 48.2 Å². The average molecular weight is 618 g/mol. The van der Waals surface area contributed by atoms with Gasteiger partial charge in [0.2, 0.25) is 11.8 Å².